The first kappa shape index (κ1) is 15.2. The zero-order valence-electron chi connectivity index (χ0n) is 12.6. The summed E-state index contributed by atoms with van der Waals surface area (Å²) in [4.78, 5) is 18.9. The predicted octanol–water partition coefficient (Wildman–Crippen LogP) is 3.71. The summed E-state index contributed by atoms with van der Waals surface area (Å²) in [6, 6.07) is 6.75. The molecule has 1 fully saturated rings. The Labute approximate surface area is 133 Å². The van der Waals surface area contributed by atoms with Crippen molar-refractivity contribution in [1.82, 2.24) is 9.88 Å². The van der Waals surface area contributed by atoms with Gasteiger partial charge in [-0.15, -0.1) is 11.3 Å². The van der Waals surface area contributed by atoms with Crippen molar-refractivity contribution in [3.8, 4) is 0 Å². The third-order valence-corrected chi connectivity index (χ3v) is 4.67. The SMILES string of the molecule is Cc1nc(CN(C(=O)CCc2ccc(F)cc2)C2CC2)cs1. The van der Waals surface area contributed by atoms with E-state index >= 15 is 0 Å². The van der Waals surface area contributed by atoms with Gasteiger partial charge in [0.15, 0.2) is 0 Å². The molecule has 1 aliphatic carbocycles. The average molecular weight is 318 g/mol. The number of hydrogen-bond acceptors (Lipinski definition) is 3. The number of halogens is 1. The summed E-state index contributed by atoms with van der Waals surface area (Å²) in [5, 5.41) is 3.06. The highest BCUT2D eigenvalue weighted by Gasteiger charge is 2.32. The first-order valence-corrected chi connectivity index (χ1v) is 8.45. The molecule has 0 bridgehead atoms. The Morgan fingerprint density at radius 2 is 2.09 bits per heavy atom. The van der Waals surface area contributed by atoms with Gasteiger partial charge < -0.3 is 4.90 Å². The number of carbonyl (C=O) groups is 1. The summed E-state index contributed by atoms with van der Waals surface area (Å²) in [7, 11) is 0. The molecule has 116 valence electrons. The Balaban J connectivity index is 1.59. The van der Waals surface area contributed by atoms with Crippen LogP contribution in [0.15, 0.2) is 29.6 Å². The molecule has 2 aromatic rings. The third-order valence-electron chi connectivity index (χ3n) is 3.85. The molecule has 0 saturated heterocycles. The molecule has 1 saturated carbocycles. The van der Waals surface area contributed by atoms with Crippen LogP contribution in [0.5, 0.6) is 0 Å². The zero-order valence-corrected chi connectivity index (χ0v) is 13.4. The second-order valence-corrected chi connectivity index (χ2v) is 6.80. The first-order valence-electron chi connectivity index (χ1n) is 7.57. The van der Waals surface area contributed by atoms with Gasteiger partial charge >= 0.3 is 0 Å². The minimum Gasteiger partial charge on any atom is -0.334 e. The van der Waals surface area contributed by atoms with Gasteiger partial charge in [-0.1, -0.05) is 12.1 Å². The highest BCUT2D eigenvalue weighted by atomic mass is 32.1. The highest BCUT2D eigenvalue weighted by molar-refractivity contribution is 7.09. The molecule has 1 amide bonds. The monoisotopic (exact) mass is 318 g/mol. The largest absolute Gasteiger partial charge is 0.334 e. The molecular formula is C17H19FN2OS. The normalized spacial score (nSPS) is 14.1. The standard InChI is InChI=1S/C17H19FN2OS/c1-12-19-15(11-22-12)10-20(16-7-8-16)17(21)9-4-13-2-5-14(18)6-3-13/h2-3,5-6,11,16H,4,7-10H2,1H3. The van der Waals surface area contributed by atoms with Crippen molar-refractivity contribution in [3.63, 3.8) is 0 Å². The molecule has 1 aromatic carbocycles. The molecule has 0 N–H and O–H groups in total. The fraction of sp³-hybridized carbons (Fsp3) is 0.412. The van der Waals surface area contributed by atoms with Crippen LogP contribution in [-0.2, 0) is 17.8 Å². The van der Waals surface area contributed by atoms with E-state index in [1.54, 1.807) is 23.5 Å². The van der Waals surface area contributed by atoms with Gasteiger partial charge in [0.2, 0.25) is 5.91 Å². The second-order valence-electron chi connectivity index (χ2n) is 5.74. The summed E-state index contributed by atoms with van der Waals surface area (Å²) in [5.41, 5.74) is 1.97. The van der Waals surface area contributed by atoms with Crippen LogP contribution in [-0.4, -0.2) is 21.8 Å². The topological polar surface area (TPSA) is 33.2 Å². The van der Waals surface area contributed by atoms with Gasteiger partial charge in [-0.3, -0.25) is 4.79 Å². The fourth-order valence-corrected chi connectivity index (χ4v) is 3.11. The predicted molar refractivity (Wildman–Crippen MR) is 85.1 cm³/mol. The molecule has 5 heteroatoms. The lowest BCUT2D eigenvalue weighted by Crippen LogP contribution is -2.32. The minimum atomic E-state index is -0.242. The summed E-state index contributed by atoms with van der Waals surface area (Å²) in [6.45, 7) is 2.59. The number of aromatic nitrogens is 1. The van der Waals surface area contributed by atoms with Crippen LogP contribution in [0, 0.1) is 12.7 Å². The van der Waals surface area contributed by atoms with Crippen LogP contribution in [0.2, 0.25) is 0 Å². The van der Waals surface area contributed by atoms with Gasteiger partial charge in [-0.05, 0) is 43.9 Å². The molecule has 0 aliphatic heterocycles. The van der Waals surface area contributed by atoms with Crippen molar-refractivity contribution in [2.24, 2.45) is 0 Å². The molecule has 0 atom stereocenters. The molecule has 22 heavy (non-hydrogen) atoms. The van der Waals surface area contributed by atoms with Crippen molar-refractivity contribution in [1.29, 1.82) is 0 Å². The van der Waals surface area contributed by atoms with Crippen molar-refractivity contribution >= 4 is 17.2 Å². The van der Waals surface area contributed by atoms with E-state index in [2.05, 4.69) is 4.98 Å². The summed E-state index contributed by atoms with van der Waals surface area (Å²) in [5.74, 6) is -0.0777. The van der Waals surface area contributed by atoms with Crippen molar-refractivity contribution < 1.29 is 9.18 Å². The molecule has 3 rings (SSSR count). The minimum absolute atomic E-state index is 0.164. The van der Waals surface area contributed by atoms with Gasteiger partial charge in [-0.2, -0.15) is 0 Å². The zero-order chi connectivity index (χ0) is 15.5. The lowest BCUT2D eigenvalue weighted by atomic mass is 10.1. The Bertz CT molecular complexity index is 649. The highest BCUT2D eigenvalue weighted by Crippen LogP contribution is 2.29. The number of aryl methyl sites for hydroxylation is 2. The number of nitrogens with zero attached hydrogens (tertiary/aromatic N) is 2. The third kappa shape index (κ3) is 3.91. The van der Waals surface area contributed by atoms with E-state index in [1.807, 2.05) is 17.2 Å². The Morgan fingerprint density at radius 3 is 2.68 bits per heavy atom. The number of carbonyl (C=O) groups excluding carboxylic acids is 1. The van der Waals surface area contributed by atoms with E-state index in [1.165, 1.54) is 12.1 Å². The Morgan fingerprint density at radius 1 is 1.36 bits per heavy atom. The Hall–Kier alpha value is -1.75. The van der Waals surface area contributed by atoms with Crippen LogP contribution in [0.3, 0.4) is 0 Å². The lowest BCUT2D eigenvalue weighted by molar-refractivity contribution is -0.132. The average Bonchev–Trinajstić information content (AvgIpc) is 3.26. The van der Waals surface area contributed by atoms with Gasteiger partial charge in [-0.25, -0.2) is 9.37 Å². The molecule has 1 aromatic heterocycles. The number of amides is 1. The van der Waals surface area contributed by atoms with Crippen LogP contribution in [0.25, 0.3) is 0 Å². The Kier molecular flexibility index (Phi) is 4.52. The maximum Gasteiger partial charge on any atom is 0.223 e. The first-order chi connectivity index (χ1) is 10.6. The van der Waals surface area contributed by atoms with Crippen molar-refractivity contribution in [2.45, 2.75) is 45.2 Å². The number of thiazole rings is 1. The molecule has 0 spiro atoms. The van der Waals surface area contributed by atoms with Gasteiger partial charge in [0.05, 0.1) is 17.2 Å². The lowest BCUT2D eigenvalue weighted by Gasteiger charge is -2.21. The summed E-state index contributed by atoms with van der Waals surface area (Å²) >= 11 is 1.62. The maximum absolute atomic E-state index is 12.9. The van der Waals surface area contributed by atoms with Crippen LogP contribution >= 0.6 is 11.3 Å². The van der Waals surface area contributed by atoms with E-state index in [9.17, 15) is 9.18 Å². The van der Waals surface area contributed by atoms with Crippen LogP contribution in [0.4, 0.5) is 4.39 Å². The maximum atomic E-state index is 12.9. The van der Waals surface area contributed by atoms with E-state index in [0.29, 0.717) is 25.4 Å². The van der Waals surface area contributed by atoms with Gasteiger partial charge in [0.25, 0.3) is 0 Å². The van der Waals surface area contributed by atoms with Gasteiger partial charge in [0, 0.05) is 17.8 Å². The second kappa shape index (κ2) is 6.57. The summed E-state index contributed by atoms with van der Waals surface area (Å²) < 4.78 is 12.9. The quantitative estimate of drug-likeness (QED) is 0.813. The molecule has 0 unspecified atom stereocenters. The molecule has 0 radical (unpaired) electrons. The van der Waals surface area contributed by atoms with E-state index in [-0.39, 0.29) is 11.7 Å². The molecule has 1 aliphatic rings. The van der Waals surface area contributed by atoms with E-state index in [0.717, 1.165) is 29.1 Å². The summed E-state index contributed by atoms with van der Waals surface area (Å²) in [6.07, 6.45) is 3.29. The molecule has 1 heterocycles. The molecule has 3 nitrogen and oxygen atoms in total. The molecular weight excluding hydrogens is 299 g/mol. The number of benzene rings is 1. The van der Waals surface area contributed by atoms with E-state index < -0.39 is 0 Å². The van der Waals surface area contributed by atoms with Crippen LogP contribution in [0.1, 0.15) is 35.5 Å². The van der Waals surface area contributed by atoms with Crippen molar-refractivity contribution in [2.75, 3.05) is 0 Å². The van der Waals surface area contributed by atoms with Gasteiger partial charge in [0.1, 0.15) is 5.82 Å². The number of hydrogen-bond donors (Lipinski definition) is 0. The van der Waals surface area contributed by atoms with E-state index in [4.69, 9.17) is 0 Å². The van der Waals surface area contributed by atoms with Crippen LogP contribution < -0.4 is 0 Å². The fourth-order valence-electron chi connectivity index (χ4n) is 2.51. The van der Waals surface area contributed by atoms with Crippen molar-refractivity contribution in [3.05, 3.63) is 51.7 Å². The number of rotatable bonds is 6. The smallest absolute Gasteiger partial charge is 0.223 e.